The fourth-order valence-corrected chi connectivity index (χ4v) is 2.16. The Hall–Kier alpha value is -1.84. The topological polar surface area (TPSA) is 55.4 Å². The lowest BCUT2D eigenvalue weighted by Crippen LogP contribution is -2.35. The Kier molecular flexibility index (Phi) is 3.36. The van der Waals surface area contributed by atoms with Crippen molar-refractivity contribution in [2.75, 3.05) is 7.11 Å². The summed E-state index contributed by atoms with van der Waals surface area (Å²) >= 11 is 0. The van der Waals surface area contributed by atoms with Crippen molar-refractivity contribution in [3.8, 4) is 5.75 Å². The summed E-state index contributed by atoms with van der Waals surface area (Å²) in [5, 5.41) is 2.95. The molecule has 1 aliphatic carbocycles. The summed E-state index contributed by atoms with van der Waals surface area (Å²) < 4.78 is 5.32. The van der Waals surface area contributed by atoms with E-state index in [-0.39, 0.29) is 23.7 Å². The van der Waals surface area contributed by atoms with Gasteiger partial charge in [0.2, 0.25) is 5.91 Å². The second-order valence-corrected chi connectivity index (χ2v) is 4.71. The van der Waals surface area contributed by atoms with Gasteiger partial charge in [0.15, 0.2) is 0 Å². The summed E-state index contributed by atoms with van der Waals surface area (Å²) in [6.07, 6.45) is 1.71. The summed E-state index contributed by atoms with van der Waals surface area (Å²) in [5.41, 5.74) is 0.656. The van der Waals surface area contributed by atoms with Gasteiger partial charge in [-0.1, -0.05) is 18.2 Å². The Morgan fingerprint density at radius 2 is 2.00 bits per heavy atom. The number of Topliss-reactive ketones (excluding diaryl/α,β-unsaturated/α-hetero) is 1. The summed E-state index contributed by atoms with van der Waals surface area (Å²) in [6.45, 7) is 1.42. The molecule has 0 saturated heterocycles. The Labute approximate surface area is 106 Å². The zero-order valence-corrected chi connectivity index (χ0v) is 10.7. The second kappa shape index (κ2) is 4.80. The molecule has 2 rings (SSSR count). The third kappa shape index (κ3) is 2.53. The van der Waals surface area contributed by atoms with Crippen LogP contribution in [0.3, 0.4) is 0 Å². The molecule has 0 spiro atoms. The third-order valence-corrected chi connectivity index (χ3v) is 3.16. The molecule has 1 N–H and O–H groups in total. The van der Waals surface area contributed by atoms with Gasteiger partial charge in [0.05, 0.1) is 19.1 Å². The maximum atomic E-state index is 11.7. The molecule has 1 aromatic carbocycles. The molecule has 0 bridgehead atoms. The van der Waals surface area contributed by atoms with Crippen molar-refractivity contribution in [1.82, 2.24) is 5.32 Å². The summed E-state index contributed by atoms with van der Waals surface area (Å²) in [7, 11) is 1.62. The molecule has 1 fully saturated rings. The lowest BCUT2D eigenvalue weighted by Gasteiger charge is -2.20. The monoisotopic (exact) mass is 247 g/mol. The number of ketones is 1. The van der Waals surface area contributed by atoms with Gasteiger partial charge < -0.3 is 10.1 Å². The van der Waals surface area contributed by atoms with Crippen LogP contribution in [0.5, 0.6) is 5.75 Å². The lowest BCUT2D eigenvalue weighted by molar-refractivity contribution is -0.127. The Balaban J connectivity index is 2.16. The number of benzene rings is 1. The second-order valence-electron chi connectivity index (χ2n) is 4.71. The first-order valence-corrected chi connectivity index (χ1v) is 6.01. The average molecular weight is 247 g/mol. The van der Waals surface area contributed by atoms with Gasteiger partial charge in [-0.2, -0.15) is 0 Å². The molecule has 18 heavy (non-hydrogen) atoms. The summed E-state index contributed by atoms with van der Waals surface area (Å²) in [6, 6.07) is 7.66. The van der Waals surface area contributed by atoms with Crippen molar-refractivity contribution < 1.29 is 14.3 Å². The van der Waals surface area contributed by atoms with Crippen molar-refractivity contribution in [3.63, 3.8) is 0 Å². The molecule has 0 atom stereocenters. The molecule has 96 valence electrons. The van der Waals surface area contributed by atoms with E-state index < -0.39 is 0 Å². The highest BCUT2D eigenvalue weighted by molar-refractivity contribution is 5.97. The number of hydrogen-bond acceptors (Lipinski definition) is 3. The number of nitrogens with one attached hydrogen (secondary N) is 1. The number of methoxy groups -OCH3 is 1. The van der Waals surface area contributed by atoms with E-state index in [1.165, 1.54) is 6.92 Å². The van der Waals surface area contributed by atoms with Gasteiger partial charge in [-0.3, -0.25) is 9.59 Å². The molecular formula is C14H17NO3. The summed E-state index contributed by atoms with van der Waals surface area (Å²) in [5.74, 6) is 0.437. The van der Waals surface area contributed by atoms with Crippen LogP contribution in [0, 0.1) is 0 Å². The van der Waals surface area contributed by atoms with Crippen molar-refractivity contribution in [2.45, 2.75) is 31.7 Å². The number of para-hydroxylation sites is 1. The molecule has 0 aromatic heterocycles. The van der Waals surface area contributed by atoms with Crippen LogP contribution in [0.2, 0.25) is 0 Å². The largest absolute Gasteiger partial charge is 0.496 e. The molecule has 4 heteroatoms. The van der Waals surface area contributed by atoms with Gasteiger partial charge in [0.25, 0.3) is 0 Å². The zero-order valence-electron chi connectivity index (χ0n) is 10.7. The zero-order chi connectivity index (χ0) is 13.2. The van der Waals surface area contributed by atoms with Crippen LogP contribution in [-0.2, 0) is 15.1 Å². The number of ether oxygens (including phenoxy) is 1. The van der Waals surface area contributed by atoms with Gasteiger partial charge >= 0.3 is 0 Å². The van der Waals surface area contributed by atoms with E-state index in [1.807, 2.05) is 24.3 Å². The third-order valence-electron chi connectivity index (χ3n) is 3.16. The molecular weight excluding hydrogens is 230 g/mol. The molecule has 1 aliphatic rings. The van der Waals surface area contributed by atoms with E-state index >= 15 is 0 Å². The van der Waals surface area contributed by atoms with Gasteiger partial charge in [-0.15, -0.1) is 0 Å². The molecule has 0 aliphatic heterocycles. The van der Waals surface area contributed by atoms with Crippen molar-refractivity contribution in [2.24, 2.45) is 0 Å². The fraction of sp³-hybridized carbons (Fsp3) is 0.429. The van der Waals surface area contributed by atoms with E-state index in [1.54, 1.807) is 7.11 Å². The van der Waals surface area contributed by atoms with Crippen molar-refractivity contribution in [3.05, 3.63) is 29.8 Å². The molecule has 0 heterocycles. The Morgan fingerprint density at radius 1 is 1.33 bits per heavy atom. The fourth-order valence-electron chi connectivity index (χ4n) is 2.16. The summed E-state index contributed by atoms with van der Waals surface area (Å²) in [4.78, 5) is 22.6. The lowest BCUT2D eigenvalue weighted by atomic mass is 10.0. The highest BCUT2D eigenvalue weighted by atomic mass is 16.5. The highest BCUT2D eigenvalue weighted by Crippen LogP contribution is 2.48. The molecule has 1 saturated carbocycles. The molecule has 1 aromatic rings. The van der Waals surface area contributed by atoms with Crippen LogP contribution in [0.25, 0.3) is 0 Å². The predicted molar refractivity (Wildman–Crippen MR) is 67.3 cm³/mol. The molecule has 0 radical (unpaired) electrons. The van der Waals surface area contributed by atoms with Crippen LogP contribution in [0.1, 0.15) is 31.7 Å². The van der Waals surface area contributed by atoms with Gasteiger partial charge in [-0.05, 0) is 25.8 Å². The average Bonchev–Trinajstić information content (AvgIpc) is 3.08. The van der Waals surface area contributed by atoms with E-state index in [0.717, 1.165) is 24.2 Å². The molecule has 1 amide bonds. The first-order chi connectivity index (χ1) is 8.57. The Bertz CT molecular complexity index is 478. The molecule has 4 nitrogen and oxygen atoms in total. The number of carbonyl (C=O) groups is 2. The normalized spacial score (nSPS) is 15.9. The van der Waals surface area contributed by atoms with Crippen LogP contribution in [0.4, 0.5) is 0 Å². The minimum absolute atomic E-state index is 0.0586. The maximum Gasteiger partial charge on any atom is 0.228 e. The number of amides is 1. The first kappa shape index (κ1) is 12.6. The number of rotatable bonds is 5. The standard InChI is InChI=1S/C14H17NO3/c1-10(16)9-13(17)15-14(7-8-14)11-5-3-4-6-12(11)18-2/h3-6H,7-9H2,1-2H3,(H,15,17). The van der Waals surface area contributed by atoms with E-state index in [9.17, 15) is 9.59 Å². The minimum Gasteiger partial charge on any atom is -0.496 e. The highest BCUT2D eigenvalue weighted by Gasteiger charge is 2.47. The first-order valence-electron chi connectivity index (χ1n) is 6.01. The quantitative estimate of drug-likeness (QED) is 0.807. The van der Waals surface area contributed by atoms with Crippen LogP contribution in [-0.4, -0.2) is 18.8 Å². The van der Waals surface area contributed by atoms with Crippen molar-refractivity contribution in [1.29, 1.82) is 0 Å². The van der Waals surface area contributed by atoms with Crippen LogP contribution in [0.15, 0.2) is 24.3 Å². The van der Waals surface area contributed by atoms with E-state index in [0.29, 0.717) is 0 Å². The van der Waals surface area contributed by atoms with E-state index in [4.69, 9.17) is 4.74 Å². The maximum absolute atomic E-state index is 11.7. The number of carbonyl (C=O) groups excluding carboxylic acids is 2. The minimum atomic E-state index is -0.334. The van der Waals surface area contributed by atoms with Gasteiger partial charge in [0.1, 0.15) is 11.5 Å². The van der Waals surface area contributed by atoms with Crippen LogP contribution < -0.4 is 10.1 Å². The van der Waals surface area contributed by atoms with Gasteiger partial charge in [-0.25, -0.2) is 0 Å². The van der Waals surface area contributed by atoms with Gasteiger partial charge in [0, 0.05) is 5.56 Å². The predicted octanol–water partition coefficient (Wildman–Crippen LogP) is 1.78. The molecule has 0 unspecified atom stereocenters. The SMILES string of the molecule is COc1ccccc1C1(NC(=O)CC(C)=O)CC1. The van der Waals surface area contributed by atoms with E-state index in [2.05, 4.69) is 5.32 Å². The Morgan fingerprint density at radius 3 is 2.56 bits per heavy atom. The van der Waals surface area contributed by atoms with Crippen molar-refractivity contribution >= 4 is 11.7 Å². The number of hydrogen-bond donors (Lipinski definition) is 1. The van der Waals surface area contributed by atoms with Crippen LogP contribution >= 0.6 is 0 Å². The smallest absolute Gasteiger partial charge is 0.228 e.